The van der Waals surface area contributed by atoms with E-state index in [1.54, 1.807) is 36.6 Å². The average molecular weight is 482 g/mol. The highest BCUT2D eigenvalue weighted by atomic mass is 35.5. The summed E-state index contributed by atoms with van der Waals surface area (Å²) in [6.07, 6.45) is -1.06. The van der Waals surface area contributed by atoms with Crippen LogP contribution >= 0.6 is 23.2 Å². The fraction of sp³-hybridized carbons (Fsp3) is 0.217. The van der Waals surface area contributed by atoms with E-state index < -0.39 is 18.7 Å². The van der Waals surface area contributed by atoms with Gasteiger partial charge in [-0.05, 0) is 69.3 Å². The summed E-state index contributed by atoms with van der Waals surface area (Å²) in [5.41, 5.74) is 2.54. The molecule has 1 atom stereocenters. The molecule has 168 valence electrons. The van der Waals surface area contributed by atoms with Crippen LogP contribution in [0.5, 0.6) is 5.75 Å². The summed E-state index contributed by atoms with van der Waals surface area (Å²) in [6.45, 7) is 2.12. The van der Waals surface area contributed by atoms with Crippen molar-refractivity contribution in [3.05, 3.63) is 81.1 Å². The molecule has 0 aliphatic carbocycles. The lowest BCUT2D eigenvalue weighted by Crippen LogP contribution is -2.25. The highest BCUT2D eigenvalue weighted by molar-refractivity contribution is 6.35. The molecule has 0 saturated heterocycles. The van der Waals surface area contributed by atoms with Crippen molar-refractivity contribution in [3.8, 4) is 11.4 Å². The Balaban J connectivity index is 1.81. The third kappa shape index (κ3) is 5.29. The predicted octanol–water partition coefficient (Wildman–Crippen LogP) is 6.43. The molecule has 0 amide bonds. The van der Waals surface area contributed by atoms with Gasteiger partial charge in [-0.2, -0.15) is 8.78 Å². The quantitative estimate of drug-likeness (QED) is 0.288. The number of hydrogen-bond acceptors (Lipinski definition) is 4. The van der Waals surface area contributed by atoms with Gasteiger partial charge < -0.3 is 14.0 Å². The Labute approximate surface area is 193 Å². The molecule has 0 radical (unpaired) electrons. The van der Waals surface area contributed by atoms with Gasteiger partial charge in [0.05, 0.1) is 5.56 Å². The number of halogens is 4. The van der Waals surface area contributed by atoms with Crippen LogP contribution in [0.3, 0.4) is 0 Å². The Morgan fingerprint density at radius 3 is 2.12 bits per heavy atom. The van der Waals surface area contributed by atoms with Crippen molar-refractivity contribution in [2.24, 2.45) is 0 Å². The molecule has 0 spiro atoms. The first-order valence-corrected chi connectivity index (χ1v) is 10.3. The van der Waals surface area contributed by atoms with Gasteiger partial charge in [-0.25, -0.2) is 4.79 Å². The van der Waals surface area contributed by atoms with Crippen molar-refractivity contribution < 1.29 is 27.8 Å². The monoisotopic (exact) mass is 481 g/mol. The summed E-state index contributed by atoms with van der Waals surface area (Å²) >= 11 is 11.8. The fourth-order valence-electron chi connectivity index (χ4n) is 3.36. The predicted molar refractivity (Wildman–Crippen MR) is 118 cm³/mol. The van der Waals surface area contributed by atoms with E-state index in [9.17, 15) is 18.4 Å². The Kier molecular flexibility index (Phi) is 7.21. The number of ether oxygens (including phenoxy) is 2. The van der Waals surface area contributed by atoms with E-state index in [1.807, 2.05) is 0 Å². The number of nitrogens with zero attached hydrogens (tertiary/aromatic N) is 1. The molecule has 3 aromatic rings. The lowest BCUT2D eigenvalue weighted by atomic mass is 10.1. The Bertz CT molecular complexity index is 1140. The van der Waals surface area contributed by atoms with E-state index in [1.165, 1.54) is 37.3 Å². The first-order valence-electron chi connectivity index (χ1n) is 9.52. The summed E-state index contributed by atoms with van der Waals surface area (Å²) in [4.78, 5) is 25.4. The standard InChI is InChI=1S/C23H19Cl2F2NO4/c1-12-8-20(13(2)28(12)18-4-6-19(7-5-18)32-23(26)27)21(29)14(3)31-22(30)15-9-16(24)11-17(25)10-15/h4-11,14,23H,1-3H3. The minimum absolute atomic E-state index is 0.0316. The maximum absolute atomic E-state index is 13.0. The number of carbonyl (C=O) groups is 2. The third-order valence-corrected chi connectivity index (χ3v) is 5.20. The van der Waals surface area contributed by atoms with E-state index in [0.29, 0.717) is 16.9 Å². The van der Waals surface area contributed by atoms with E-state index in [4.69, 9.17) is 27.9 Å². The van der Waals surface area contributed by atoms with Crippen LogP contribution < -0.4 is 4.74 Å². The second-order valence-electron chi connectivity index (χ2n) is 7.06. The molecule has 1 heterocycles. The molecule has 2 aromatic carbocycles. The smallest absolute Gasteiger partial charge is 0.387 e. The van der Waals surface area contributed by atoms with Gasteiger partial charge in [0.25, 0.3) is 0 Å². The number of ketones is 1. The molecule has 0 bridgehead atoms. The highest BCUT2D eigenvalue weighted by Crippen LogP contribution is 2.25. The van der Waals surface area contributed by atoms with Gasteiger partial charge in [0.15, 0.2) is 6.10 Å². The van der Waals surface area contributed by atoms with Crippen molar-refractivity contribution in [3.63, 3.8) is 0 Å². The second-order valence-corrected chi connectivity index (χ2v) is 7.94. The van der Waals surface area contributed by atoms with Gasteiger partial charge >= 0.3 is 12.6 Å². The number of alkyl halides is 2. The van der Waals surface area contributed by atoms with Crippen molar-refractivity contribution in [2.75, 3.05) is 0 Å². The van der Waals surface area contributed by atoms with E-state index in [2.05, 4.69) is 4.74 Å². The van der Waals surface area contributed by atoms with Gasteiger partial charge in [0.2, 0.25) is 5.78 Å². The van der Waals surface area contributed by atoms with Gasteiger partial charge in [-0.1, -0.05) is 23.2 Å². The van der Waals surface area contributed by atoms with Crippen LogP contribution in [0.1, 0.15) is 39.0 Å². The summed E-state index contributed by atoms with van der Waals surface area (Å²) in [6, 6.07) is 12.0. The Hall–Kier alpha value is -2.90. The summed E-state index contributed by atoms with van der Waals surface area (Å²) in [7, 11) is 0. The Morgan fingerprint density at radius 1 is 0.969 bits per heavy atom. The largest absolute Gasteiger partial charge is 0.451 e. The summed E-state index contributed by atoms with van der Waals surface area (Å²) < 4.78 is 36.2. The van der Waals surface area contributed by atoms with Gasteiger partial charge in [-0.3, -0.25) is 4.79 Å². The zero-order valence-corrected chi connectivity index (χ0v) is 18.9. The van der Waals surface area contributed by atoms with E-state index >= 15 is 0 Å². The SMILES string of the molecule is Cc1cc(C(=O)C(C)OC(=O)c2cc(Cl)cc(Cl)c2)c(C)n1-c1ccc(OC(F)F)cc1. The van der Waals surface area contributed by atoms with E-state index in [-0.39, 0.29) is 27.1 Å². The molecule has 32 heavy (non-hydrogen) atoms. The molecular formula is C23H19Cl2F2NO4. The van der Waals surface area contributed by atoms with Crippen LogP contribution in [0.15, 0.2) is 48.5 Å². The van der Waals surface area contributed by atoms with Crippen LogP contribution in [0.2, 0.25) is 10.0 Å². The maximum Gasteiger partial charge on any atom is 0.387 e. The van der Waals surface area contributed by atoms with Crippen LogP contribution in [0, 0.1) is 13.8 Å². The number of aromatic nitrogens is 1. The number of esters is 1. The molecule has 0 aliphatic rings. The zero-order chi connectivity index (χ0) is 23.6. The molecule has 0 N–H and O–H groups in total. The molecule has 3 rings (SSSR count). The summed E-state index contributed by atoms with van der Waals surface area (Å²) in [5.74, 6) is -1.08. The normalized spacial score (nSPS) is 12.0. The number of rotatable bonds is 7. The molecule has 9 heteroatoms. The molecular weight excluding hydrogens is 463 g/mol. The zero-order valence-electron chi connectivity index (χ0n) is 17.4. The number of hydrogen-bond donors (Lipinski definition) is 0. The maximum atomic E-state index is 13.0. The van der Waals surface area contributed by atoms with Crippen molar-refractivity contribution in [1.29, 1.82) is 0 Å². The van der Waals surface area contributed by atoms with Gasteiger partial charge in [0.1, 0.15) is 5.75 Å². The second kappa shape index (κ2) is 9.71. The topological polar surface area (TPSA) is 57.5 Å². The molecule has 5 nitrogen and oxygen atoms in total. The molecule has 0 fully saturated rings. The van der Waals surface area contributed by atoms with Gasteiger partial charge in [-0.15, -0.1) is 0 Å². The van der Waals surface area contributed by atoms with E-state index in [0.717, 1.165) is 5.69 Å². The number of aryl methyl sites for hydroxylation is 1. The minimum atomic E-state index is -2.91. The van der Waals surface area contributed by atoms with Crippen molar-refractivity contribution >= 4 is 35.0 Å². The van der Waals surface area contributed by atoms with Crippen molar-refractivity contribution in [2.45, 2.75) is 33.5 Å². The molecule has 1 aromatic heterocycles. The lowest BCUT2D eigenvalue weighted by Gasteiger charge is -2.14. The van der Waals surface area contributed by atoms with Crippen LogP contribution in [0.25, 0.3) is 5.69 Å². The molecule has 0 aliphatic heterocycles. The van der Waals surface area contributed by atoms with Crippen LogP contribution in [-0.4, -0.2) is 29.0 Å². The number of carbonyl (C=O) groups excluding carboxylic acids is 2. The number of benzene rings is 2. The fourth-order valence-corrected chi connectivity index (χ4v) is 3.89. The van der Waals surface area contributed by atoms with Crippen LogP contribution in [-0.2, 0) is 4.74 Å². The highest BCUT2D eigenvalue weighted by Gasteiger charge is 2.25. The molecule has 1 unspecified atom stereocenters. The Morgan fingerprint density at radius 2 is 1.56 bits per heavy atom. The first kappa shape index (κ1) is 23.8. The van der Waals surface area contributed by atoms with Gasteiger partial charge in [0, 0.05) is 32.7 Å². The molecule has 0 saturated carbocycles. The van der Waals surface area contributed by atoms with Crippen molar-refractivity contribution in [1.82, 2.24) is 4.57 Å². The summed E-state index contributed by atoms with van der Waals surface area (Å²) in [5, 5.41) is 0.550. The number of Topliss-reactive ketones (excluding diaryl/α,β-unsaturated/α-hetero) is 1. The van der Waals surface area contributed by atoms with Crippen LogP contribution in [0.4, 0.5) is 8.78 Å². The third-order valence-electron chi connectivity index (χ3n) is 4.77. The average Bonchev–Trinajstić information content (AvgIpc) is 3.01. The lowest BCUT2D eigenvalue weighted by molar-refractivity contribution is -0.0498. The first-order chi connectivity index (χ1) is 15.1. The minimum Gasteiger partial charge on any atom is -0.451 e.